The second-order valence-electron chi connectivity index (χ2n) is 7.77. The van der Waals surface area contributed by atoms with E-state index in [0.717, 1.165) is 35.2 Å². The molecule has 2 aliphatic rings. The van der Waals surface area contributed by atoms with Gasteiger partial charge in [0.2, 0.25) is 5.95 Å². The van der Waals surface area contributed by atoms with Crippen LogP contribution in [0.2, 0.25) is 0 Å². The largest absolute Gasteiger partial charge is 0.493 e. The normalized spacial score (nSPS) is 17.6. The molecule has 0 saturated carbocycles. The number of carbonyl (C=O) groups is 1. The molecule has 1 unspecified atom stereocenters. The molecule has 1 aromatic heterocycles. The number of ether oxygens (including phenoxy) is 2. The van der Waals surface area contributed by atoms with Crippen LogP contribution in [-0.4, -0.2) is 33.1 Å². The number of benzene rings is 2. The van der Waals surface area contributed by atoms with Crippen molar-refractivity contribution in [3.8, 4) is 11.5 Å². The van der Waals surface area contributed by atoms with Gasteiger partial charge in [0.05, 0.1) is 7.11 Å². The molecule has 2 aromatic carbocycles. The van der Waals surface area contributed by atoms with Crippen LogP contribution in [0, 0.1) is 6.92 Å². The molecule has 1 aliphatic heterocycles. The van der Waals surface area contributed by atoms with Crippen molar-refractivity contribution >= 4 is 11.7 Å². The summed E-state index contributed by atoms with van der Waals surface area (Å²) in [7, 11) is 1.61. The lowest BCUT2D eigenvalue weighted by molar-refractivity contribution is -0.116. The van der Waals surface area contributed by atoms with Crippen molar-refractivity contribution in [3.05, 3.63) is 70.4 Å². The summed E-state index contributed by atoms with van der Waals surface area (Å²) in [4.78, 5) is 12.8. The number of ketones is 1. The first-order valence-electron chi connectivity index (χ1n) is 10.3. The van der Waals surface area contributed by atoms with Gasteiger partial charge in [0.1, 0.15) is 12.6 Å². The number of aryl methyl sites for hydroxylation is 1. The lowest BCUT2D eigenvalue weighted by Crippen LogP contribution is -2.31. The number of hydrogen-bond acceptors (Lipinski definition) is 7. The molecular weight excluding hydrogens is 394 g/mol. The standard InChI is InChI=1S/C23H23N5O3/c1-14-6-3-4-7-16(14)13-31-19-11-10-15(12-20(19)30-2)22-21-17(8-5-9-18(21)29)24-23-25-26-27-28(22)23/h3-4,6-7,10-12,22H,5,8-9,13H2,1-2H3,(H,24,25,27). The number of hydrogen-bond donors (Lipinski definition) is 1. The van der Waals surface area contributed by atoms with Crippen molar-refractivity contribution in [1.29, 1.82) is 0 Å². The molecule has 8 heteroatoms. The molecule has 3 aromatic rings. The first-order chi connectivity index (χ1) is 15.2. The molecule has 8 nitrogen and oxygen atoms in total. The Morgan fingerprint density at radius 1 is 1.16 bits per heavy atom. The van der Waals surface area contributed by atoms with Gasteiger partial charge in [0.15, 0.2) is 17.3 Å². The highest BCUT2D eigenvalue weighted by Gasteiger charge is 2.36. The number of carbonyl (C=O) groups excluding carboxylic acids is 1. The van der Waals surface area contributed by atoms with E-state index in [-0.39, 0.29) is 5.78 Å². The Labute approximate surface area is 179 Å². The van der Waals surface area contributed by atoms with Gasteiger partial charge in [-0.15, -0.1) is 0 Å². The summed E-state index contributed by atoms with van der Waals surface area (Å²) in [6.07, 6.45) is 2.16. The van der Waals surface area contributed by atoms with Crippen LogP contribution in [0.4, 0.5) is 5.95 Å². The average molecular weight is 417 g/mol. The zero-order valence-electron chi connectivity index (χ0n) is 17.5. The third-order valence-electron chi connectivity index (χ3n) is 5.88. The molecule has 0 bridgehead atoms. The van der Waals surface area contributed by atoms with Gasteiger partial charge in [0, 0.05) is 17.7 Å². The molecule has 158 valence electrons. The van der Waals surface area contributed by atoms with E-state index in [9.17, 15) is 4.79 Å². The number of fused-ring (bicyclic) bond motifs is 1. The second kappa shape index (κ2) is 7.86. The number of nitrogens with one attached hydrogen (secondary N) is 1. The SMILES string of the molecule is COc1cc(C2C3=C(CCCC3=O)Nc3nnnn32)ccc1OCc1ccccc1C. The van der Waals surface area contributed by atoms with E-state index in [1.54, 1.807) is 11.8 Å². The van der Waals surface area contributed by atoms with Crippen molar-refractivity contribution in [2.45, 2.75) is 38.8 Å². The highest BCUT2D eigenvalue weighted by molar-refractivity contribution is 5.99. The fraction of sp³-hybridized carbons (Fsp3) is 0.304. The number of rotatable bonds is 5. The Kier molecular flexibility index (Phi) is 4.89. The van der Waals surface area contributed by atoms with E-state index in [0.29, 0.717) is 30.5 Å². The van der Waals surface area contributed by atoms with Crippen LogP contribution >= 0.6 is 0 Å². The van der Waals surface area contributed by atoms with Crippen molar-refractivity contribution in [2.75, 3.05) is 12.4 Å². The fourth-order valence-corrected chi connectivity index (χ4v) is 4.23. The van der Waals surface area contributed by atoms with Gasteiger partial charge >= 0.3 is 0 Å². The van der Waals surface area contributed by atoms with Gasteiger partial charge in [-0.1, -0.05) is 35.4 Å². The first-order valence-corrected chi connectivity index (χ1v) is 10.3. The summed E-state index contributed by atoms with van der Waals surface area (Å²) < 4.78 is 13.3. The molecule has 0 amide bonds. The molecule has 31 heavy (non-hydrogen) atoms. The summed E-state index contributed by atoms with van der Waals surface area (Å²) in [6, 6.07) is 13.5. The maximum Gasteiger partial charge on any atom is 0.248 e. The van der Waals surface area contributed by atoms with Crippen molar-refractivity contribution in [2.24, 2.45) is 0 Å². The summed E-state index contributed by atoms with van der Waals surface area (Å²) in [5.41, 5.74) is 4.80. The Morgan fingerprint density at radius 3 is 2.87 bits per heavy atom. The van der Waals surface area contributed by atoms with Crippen molar-refractivity contribution < 1.29 is 14.3 Å². The molecule has 1 aliphatic carbocycles. The number of aromatic nitrogens is 4. The fourth-order valence-electron chi connectivity index (χ4n) is 4.23. The maximum atomic E-state index is 12.8. The van der Waals surface area contributed by atoms with Crippen molar-refractivity contribution in [1.82, 2.24) is 20.2 Å². The van der Waals surface area contributed by atoms with Crippen LogP contribution in [0.15, 0.2) is 53.7 Å². The minimum atomic E-state index is -0.395. The summed E-state index contributed by atoms with van der Waals surface area (Å²) >= 11 is 0. The van der Waals surface area contributed by atoms with Crippen LogP contribution in [0.3, 0.4) is 0 Å². The van der Waals surface area contributed by atoms with Gasteiger partial charge in [-0.2, -0.15) is 4.68 Å². The van der Waals surface area contributed by atoms with Crippen LogP contribution in [0.1, 0.15) is 42.0 Å². The zero-order valence-corrected chi connectivity index (χ0v) is 17.5. The number of allylic oxidation sites excluding steroid dienone is 2. The number of anilines is 1. The van der Waals surface area contributed by atoms with E-state index >= 15 is 0 Å². The Bertz CT molecular complexity index is 1180. The van der Waals surface area contributed by atoms with Gasteiger partial charge in [0.25, 0.3) is 0 Å². The Hall–Kier alpha value is -3.68. The number of Topliss-reactive ketones (excluding diaryl/α,β-unsaturated/α-hetero) is 1. The zero-order chi connectivity index (χ0) is 21.4. The van der Waals surface area contributed by atoms with Gasteiger partial charge in [-0.25, -0.2) is 0 Å². The quantitative estimate of drug-likeness (QED) is 0.678. The van der Waals surface area contributed by atoms with Gasteiger partial charge in [-0.05, 0) is 59.0 Å². The average Bonchev–Trinajstić information content (AvgIpc) is 3.25. The Balaban J connectivity index is 1.50. The lowest BCUT2D eigenvalue weighted by Gasteiger charge is -2.31. The summed E-state index contributed by atoms with van der Waals surface area (Å²) in [5.74, 6) is 1.91. The molecule has 1 N–H and O–H groups in total. The first kappa shape index (κ1) is 19.3. The van der Waals surface area contributed by atoms with E-state index in [1.807, 2.05) is 36.4 Å². The Morgan fingerprint density at radius 2 is 2.03 bits per heavy atom. The lowest BCUT2D eigenvalue weighted by atomic mass is 9.85. The molecule has 0 saturated heterocycles. The predicted octanol–water partition coefficient (Wildman–Crippen LogP) is 3.59. The van der Waals surface area contributed by atoms with E-state index in [4.69, 9.17) is 9.47 Å². The highest BCUT2D eigenvalue weighted by atomic mass is 16.5. The third kappa shape index (κ3) is 3.43. The summed E-state index contributed by atoms with van der Waals surface area (Å²) in [6.45, 7) is 2.51. The van der Waals surface area contributed by atoms with E-state index in [1.165, 1.54) is 5.56 Å². The minimum absolute atomic E-state index is 0.124. The van der Waals surface area contributed by atoms with Gasteiger partial charge in [-0.3, -0.25) is 4.79 Å². The third-order valence-corrected chi connectivity index (χ3v) is 5.88. The number of methoxy groups -OCH3 is 1. The molecule has 0 spiro atoms. The van der Waals surface area contributed by atoms with E-state index < -0.39 is 6.04 Å². The second-order valence-corrected chi connectivity index (χ2v) is 7.77. The predicted molar refractivity (Wildman–Crippen MR) is 114 cm³/mol. The molecule has 0 fully saturated rings. The molecule has 0 radical (unpaired) electrons. The van der Waals surface area contributed by atoms with Crippen molar-refractivity contribution in [3.63, 3.8) is 0 Å². The van der Waals surface area contributed by atoms with Crippen LogP contribution < -0.4 is 14.8 Å². The summed E-state index contributed by atoms with van der Waals surface area (Å²) in [5, 5.41) is 15.2. The topological polar surface area (TPSA) is 91.2 Å². The van der Waals surface area contributed by atoms with Crippen LogP contribution in [0.5, 0.6) is 11.5 Å². The molecular formula is C23H23N5O3. The van der Waals surface area contributed by atoms with Crippen LogP contribution in [0.25, 0.3) is 0 Å². The highest BCUT2D eigenvalue weighted by Crippen LogP contribution is 2.41. The van der Waals surface area contributed by atoms with Crippen LogP contribution in [-0.2, 0) is 11.4 Å². The molecule has 2 heterocycles. The molecule has 1 atom stereocenters. The van der Waals surface area contributed by atoms with Gasteiger partial charge < -0.3 is 14.8 Å². The number of nitrogens with zero attached hydrogens (tertiary/aromatic N) is 4. The smallest absolute Gasteiger partial charge is 0.248 e. The number of tetrazole rings is 1. The minimum Gasteiger partial charge on any atom is -0.493 e. The van der Waals surface area contributed by atoms with E-state index in [2.05, 4.69) is 33.8 Å². The monoisotopic (exact) mass is 417 g/mol. The molecule has 5 rings (SSSR count). The maximum absolute atomic E-state index is 12.8.